The molecule has 1 atom stereocenters. The molecule has 5 heteroatoms. The molecule has 1 aromatic rings. The van der Waals surface area contributed by atoms with Gasteiger partial charge in [-0.25, -0.2) is 4.79 Å². The van der Waals surface area contributed by atoms with Crippen molar-refractivity contribution in [2.24, 2.45) is 5.92 Å². The third-order valence-electron chi connectivity index (χ3n) is 3.10. The number of rotatable bonds is 6. The van der Waals surface area contributed by atoms with E-state index in [1.165, 1.54) is 12.8 Å². The van der Waals surface area contributed by atoms with Gasteiger partial charge in [-0.1, -0.05) is 33.6 Å². The number of carbonyl (C=O) groups excluding carboxylic acids is 1. The van der Waals surface area contributed by atoms with Crippen molar-refractivity contribution in [3.63, 3.8) is 0 Å². The molecule has 1 unspecified atom stereocenters. The lowest BCUT2D eigenvalue weighted by Gasteiger charge is -2.19. The summed E-state index contributed by atoms with van der Waals surface area (Å²) < 4.78 is 5.96. The second-order valence-corrected chi connectivity index (χ2v) is 5.99. The fourth-order valence-corrected chi connectivity index (χ4v) is 2.80. The molecular formula is C14H17BrClNO2. The predicted molar refractivity (Wildman–Crippen MR) is 79.3 cm³/mol. The van der Waals surface area contributed by atoms with Gasteiger partial charge < -0.3 is 10.1 Å². The molecule has 104 valence electrons. The van der Waals surface area contributed by atoms with E-state index in [1.807, 2.05) is 13.0 Å². The van der Waals surface area contributed by atoms with Crippen LogP contribution in [-0.4, -0.2) is 19.1 Å². The van der Waals surface area contributed by atoms with E-state index in [0.29, 0.717) is 17.5 Å². The minimum atomic E-state index is -0.438. The van der Waals surface area contributed by atoms with Crippen LogP contribution in [0.1, 0.15) is 31.4 Å². The Morgan fingerprint density at radius 1 is 1.58 bits per heavy atom. The van der Waals surface area contributed by atoms with Crippen LogP contribution in [0.2, 0.25) is 5.02 Å². The molecule has 0 aromatic heterocycles. The van der Waals surface area contributed by atoms with Gasteiger partial charge >= 0.3 is 5.97 Å². The van der Waals surface area contributed by atoms with Gasteiger partial charge in [0.15, 0.2) is 0 Å². The fourth-order valence-electron chi connectivity index (χ4n) is 1.89. The lowest BCUT2D eigenvalue weighted by atomic mass is 10.1. The highest BCUT2D eigenvalue weighted by molar-refractivity contribution is 9.10. The lowest BCUT2D eigenvalue weighted by Crippen LogP contribution is -2.32. The molecule has 19 heavy (non-hydrogen) atoms. The zero-order valence-electron chi connectivity index (χ0n) is 10.8. The Morgan fingerprint density at radius 3 is 2.89 bits per heavy atom. The zero-order valence-corrected chi connectivity index (χ0v) is 13.1. The van der Waals surface area contributed by atoms with Gasteiger partial charge in [0.05, 0.1) is 6.61 Å². The maximum Gasteiger partial charge on any atom is 0.327 e. The quantitative estimate of drug-likeness (QED) is 0.798. The van der Waals surface area contributed by atoms with Crippen molar-refractivity contribution < 1.29 is 9.53 Å². The Hall–Kier alpha value is -0.580. The first-order valence-electron chi connectivity index (χ1n) is 6.46. The predicted octanol–water partition coefficient (Wildman–Crippen LogP) is 3.71. The van der Waals surface area contributed by atoms with E-state index in [2.05, 4.69) is 21.2 Å². The number of ether oxygens (including phenoxy) is 1. The van der Waals surface area contributed by atoms with E-state index in [9.17, 15) is 4.79 Å². The first-order chi connectivity index (χ1) is 9.11. The van der Waals surface area contributed by atoms with Gasteiger partial charge in [0.25, 0.3) is 0 Å². The molecule has 0 saturated heterocycles. The lowest BCUT2D eigenvalue weighted by molar-refractivity contribution is -0.145. The highest BCUT2D eigenvalue weighted by atomic mass is 79.9. The maximum absolute atomic E-state index is 12.1. The highest BCUT2D eigenvalue weighted by Gasteiger charge is 2.28. The topological polar surface area (TPSA) is 38.3 Å². The molecular weight excluding hydrogens is 330 g/mol. The van der Waals surface area contributed by atoms with Gasteiger partial charge in [0.1, 0.15) is 6.04 Å². The Kier molecular flexibility index (Phi) is 5.25. The van der Waals surface area contributed by atoms with Gasteiger partial charge in [-0.05, 0) is 49.9 Å². The monoisotopic (exact) mass is 345 g/mol. The summed E-state index contributed by atoms with van der Waals surface area (Å²) in [6.45, 7) is 3.04. The van der Waals surface area contributed by atoms with Gasteiger partial charge in [0.2, 0.25) is 0 Å². The smallest absolute Gasteiger partial charge is 0.327 e. The van der Waals surface area contributed by atoms with Crippen LogP contribution in [0.25, 0.3) is 0 Å². The highest BCUT2D eigenvalue weighted by Crippen LogP contribution is 2.31. The summed E-state index contributed by atoms with van der Waals surface area (Å²) in [4.78, 5) is 12.1. The fraction of sp³-hybridized carbons (Fsp3) is 0.500. The number of nitrogens with one attached hydrogen (secondary N) is 1. The molecule has 3 nitrogen and oxygen atoms in total. The van der Waals surface area contributed by atoms with Crippen molar-refractivity contribution in [2.75, 3.05) is 13.2 Å². The molecule has 0 heterocycles. The standard InChI is InChI=1S/C14H17BrClNO2/c1-2-19-14(18)13(17-8-9-3-4-9)11-6-5-10(16)7-12(11)15/h5-7,9,13,17H,2-4,8H2,1H3. The van der Waals surface area contributed by atoms with Crippen LogP contribution in [-0.2, 0) is 9.53 Å². The van der Waals surface area contributed by atoms with Crippen molar-refractivity contribution in [1.29, 1.82) is 0 Å². The largest absolute Gasteiger partial charge is 0.465 e. The number of esters is 1. The summed E-state index contributed by atoms with van der Waals surface area (Å²) >= 11 is 9.39. The second kappa shape index (κ2) is 6.73. The normalized spacial score (nSPS) is 16.2. The number of hydrogen-bond donors (Lipinski definition) is 1. The maximum atomic E-state index is 12.1. The van der Waals surface area contributed by atoms with Crippen LogP contribution in [0.15, 0.2) is 22.7 Å². The zero-order chi connectivity index (χ0) is 13.8. The van der Waals surface area contributed by atoms with E-state index in [4.69, 9.17) is 16.3 Å². The SMILES string of the molecule is CCOC(=O)C(NCC1CC1)c1ccc(Cl)cc1Br. The van der Waals surface area contributed by atoms with Crippen molar-refractivity contribution in [3.8, 4) is 0 Å². The van der Waals surface area contributed by atoms with Crippen LogP contribution in [0.4, 0.5) is 0 Å². The van der Waals surface area contributed by atoms with Crippen LogP contribution >= 0.6 is 27.5 Å². The first-order valence-corrected chi connectivity index (χ1v) is 7.64. The summed E-state index contributed by atoms with van der Waals surface area (Å²) in [6, 6.07) is 5.00. The minimum absolute atomic E-state index is 0.244. The molecule has 1 fully saturated rings. The summed E-state index contributed by atoms with van der Waals surface area (Å²) in [5.41, 5.74) is 0.864. The van der Waals surface area contributed by atoms with Crippen molar-refractivity contribution in [3.05, 3.63) is 33.3 Å². The first kappa shape index (κ1) is 14.8. The summed E-state index contributed by atoms with van der Waals surface area (Å²) in [6.07, 6.45) is 2.48. The van der Waals surface area contributed by atoms with Gasteiger partial charge in [-0.2, -0.15) is 0 Å². The van der Waals surface area contributed by atoms with Crippen molar-refractivity contribution >= 4 is 33.5 Å². The van der Waals surface area contributed by atoms with Gasteiger partial charge in [-0.15, -0.1) is 0 Å². The van der Waals surface area contributed by atoms with Gasteiger partial charge in [0, 0.05) is 9.50 Å². The number of carbonyl (C=O) groups is 1. The molecule has 1 N–H and O–H groups in total. The van der Waals surface area contributed by atoms with Crippen LogP contribution < -0.4 is 5.32 Å². The van der Waals surface area contributed by atoms with Gasteiger partial charge in [-0.3, -0.25) is 0 Å². The van der Waals surface area contributed by atoms with Crippen LogP contribution in [0.5, 0.6) is 0 Å². The molecule has 1 aliphatic carbocycles. The number of hydrogen-bond acceptors (Lipinski definition) is 3. The molecule has 0 spiro atoms. The molecule has 1 aromatic carbocycles. The number of benzene rings is 1. The molecule has 0 radical (unpaired) electrons. The number of halogens is 2. The molecule has 1 aliphatic rings. The average Bonchev–Trinajstić information content (AvgIpc) is 3.16. The Balaban J connectivity index is 2.15. The van der Waals surface area contributed by atoms with Crippen LogP contribution in [0.3, 0.4) is 0 Å². The van der Waals surface area contributed by atoms with Crippen molar-refractivity contribution in [2.45, 2.75) is 25.8 Å². The van der Waals surface area contributed by atoms with E-state index >= 15 is 0 Å². The Labute approximate surface area is 126 Å². The van der Waals surface area contributed by atoms with E-state index in [0.717, 1.165) is 16.6 Å². The second-order valence-electron chi connectivity index (χ2n) is 4.70. The van der Waals surface area contributed by atoms with E-state index in [-0.39, 0.29) is 5.97 Å². The molecule has 0 aliphatic heterocycles. The summed E-state index contributed by atoms with van der Waals surface area (Å²) in [5, 5.41) is 3.93. The Bertz CT molecular complexity index is 463. The summed E-state index contributed by atoms with van der Waals surface area (Å²) in [7, 11) is 0. The minimum Gasteiger partial charge on any atom is -0.465 e. The third-order valence-corrected chi connectivity index (χ3v) is 4.03. The van der Waals surface area contributed by atoms with E-state index in [1.54, 1.807) is 12.1 Å². The average molecular weight is 347 g/mol. The third kappa shape index (κ3) is 4.20. The van der Waals surface area contributed by atoms with E-state index < -0.39 is 6.04 Å². The van der Waals surface area contributed by atoms with Crippen molar-refractivity contribution in [1.82, 2.24) is 5.32 Å². The summed E-state index contributed by atoms with van der Waals surface area (Å²) in [5.74, 6) is 0.453. The molecule has 0 bridgehead atoms. The Morgan fingerprint density at radius 2 is 2.32 bits per heavy atom. The molecule has 0 amide bonds. The van der Waals surface area contributed by atoms with Crippen LogP contribution in [0, 0.1) is 5.92 Å². The molecule has 2 rings (SSSR count). The molecule has 1 saturated carbocycles.